The average Bonchev–Trinajstić information content (AvgIpc) is 2.32. The molecule has 1 aromatic carbocycles. The zero-order valence-electron chi connectivity index (χ0n) is 9.53. The number of halogens is 1. The van der Waals surface area contributed by atoms with Crippen molar-refractivity contribution in [3.05, 3.63) is 35.9 Å². The number of anilines is 1. The summed E-state index contributed by atoms with van der Waals surface area (Å²) in [5.41, 5.74) is 1.91. The maximum atomic E-state index is 11.3. The normalized spacial score (nSPS) is 10.7. The Hall–Kier alpha value is -0.930. The Balaban J connectivity index is 2.52. The fraction of sp³-hybridized carbons (Fsp3) is 0.308. The largest absolute Gasteiger partial charge is 0.326 e. The molecule has 0 saturated heterocycles. The number of carbonyl (C=O) groups is 1. The minimum absolute atomic E-state index is 0.0571. The van der Waals surface area contributed by atoms with Gasteiger partial charge in [0.2, 0.25) is 5.91 Å². The molecular formula is C13H16ClNOS. The molecule has 0 aromatic heterocycles. The molecule has 0 bridgehead atoms. The molecule has 17 heavy (non-hydrogen) atoms. The van der Waals surface area contributed by atoms with E-state index in [9.17, 15) is 4.79 Å². The molecule has 0 unspecified atom stereocenters. The number of rotatable bonds is 6. The number of thiol groups is 1. The van der Waals surface area contributed by atoms with Gasteiger partial charge in [0.1, 0.15) is 0 Å². The molecule has 1 N–H and O–H groups in total. The third kappa shape index (κ3) is 5.80. The quantitative estimate of drug-likeness (QED) is 0.600. The van der Waals surface area contributed by atoms with Gasteiger partial charge in [0.25, 0.3) is 0 Å². The van der Waals surface area contributed by atoms with Crippen molar-refractivity contribution in [2.24, 2.45) is 0 Å². The highest BCUT2D eigenvalue weighted by Gasteiger charge is 2.00. The molecule has 0 heterocycles. The third-order valence-electron chi connectivity index (χ3n) is 2.12. The topological polar surface area (TPSA) is 29.1 Å². The van der Waals surface area contributed by atoms with Crippen LogP contribution >= 0.6 is 24.2 Å². The number of amides is 1. The van der Waals surface area contributed by atoms with Gasteiger partial charge in [0, 0.05) is 18.0 Å². The first kappa shape index (κ1) is 14.1. The van der Waals surface area contributed by atoms with Gasteiger partial charge in [-0.15, -0.1) is 11.6 Å². The van der Waals surface area contributed by atoms with E-state index in [0.717, 1.165) is 23.4 Å². The summed E-state index contributed by atoms with van der Waals surface area (Å²) in [7, 11) is 0. The minimum atomic E-state index is -0.0571. The van der Waals surface area contributed by atoms with Crippen molar-refractivity contribution in [3.8, 4) is 0 Å². The van der Waals surface area contributed by atoms with Crippen molar-refractivity contribution in [1.82, 2.24) is 0 Å². The Labute approximate surface area is 112 Å². The van der Waals surface area contributed by atoms with Crippen LogP contribution in [0.5, 0.6) is 0 Å². The van der Waals surface area contributed by atoms with E-state index in [4.69, 9.17) is 11.6 Å². The van der Waals surface area contributed by atoms with Crippen molar-refractivity contribution in [2.45, 2.75) is 12.8 Å². The Morgan fingerprint density at radius 3 is 2.65 bits per heavy atom. The molecule has 0 fully saturated rings. The molecular weight excluding hydrogens is 254 g/mol. The summed E-state index contributed by atoms with van der Waals surface area (Å²) < 4.78 is 0. The van der Waals surface area contributed by atoms with Crippen molar-refractivity contribution in [2.75, 3.05) is 16.9 Å². The average molecular weight is 270 g/mol. The van der Waals surface area contributed by atoms with Crippen LogP contribution in [0.15, 0.2) is 30.3 Å². The summed E-state index contributed by atoms with van der Waals surface area (Å²) in [5, 5.41) is 2.78. The van der Waals surface area contributed by atoms with Crippen LogP contribution in [-0.4, -0.2) is 17.5 Å². The maximum absolute atomic E-state index is 11.3. The lowest BCUT2D eigenvalue weighted by Crippen LogP contribution is -2.11. The number of hydrogen-bond acceptors (Lipinski definition) is 2. The Morgan fingerprint density at radius 2 is 2.06 bits per heavy atom. The highest BCUT2D eigenvalue weighted by molar-refractivity contribution is 7.80. The van der Waals surface area contributed by atoms with Crippen LogP contribution in [0.4, 0.5) is 5.69 Å². The van der Waals surface area contributed by atoms with Gasteiger partial charge in [0.05, 0.1) is 0 Å². The lowest BCUT2D eigenvalue weighted by Gasteiger charge is -2.03. The van der Waals surface area contributed by atoms with Gasteiger partial charge in [-0.2, -0.15) is 12.6 Å². The molecule has 4 heteroatoms. The number of alkyl halides is 1. The molecule has 0 radical (unpaired) electrons. The van der Waals surface area contributed by atoms with E-state index < -0.39 is 0 Å². The molecule has 2 nitrogen and oxygen atoms in total. The lowest BCUT2D eigenvalue weighted by molar-refractivity contribution is -0.115. The van der Waals surface area contributed by atoms with Crippen LogP contribution in [-0.2, 0) is 4.79 Å². The van der Waals surface area contributed by atoms with Crippen LogP contribution in [0.1, 0.15) is 18.4 Å². The van der Waals surface area contributed by atoms with Gasteiger partial charge in [-0.25, -0.2) is 0 Å². The third-order valence-corrected chi connectivity index (χ3v) is 2.57. The van der Waals surface area contributed by atoms with Gasteiger partial charge in [-0.05, 0) is 29.9 Å². The number of carbonyl (C=O) groups excluding carboxylic acids is 1. The second-order valence-corrected chi connectivity index (χ2v) is 4.35. The molecule has 0 atom stereocenters. The monoisotopic (exact) mass is 269 g/mol. The zero-order chi connectivity index (χ0) is 12.5. The molecule has 0 spiro atoms. The number of hydrogen-bond donors (Lipinski definition) is 2. The van der Waals surface area contributed by atoms with Crippen molar-refractivity contribution >= 4 is 41.9 Å². The summed E-state index contributed by atoms with van der Waals surface area (Å²) in [6, 6.07) is 7.69. The number of nitrogens with one attached hydrogen (secondary N) is 1. The van der Waals surface area contributed by atoms with Crippen molar-refractivity contribution < 1.29 is 4.79 Å². The summed E-state index contributed by atoms with van der Waals surface area (Å²) in [6.07, 6.45) is 5.41. The lowest BCUT2D eigenvalue weighted by atomic mass is 10.2. The van der Waals surface area contributed by atoms with Gasteiger partial charge in [0.15, 0.2) is 0 Å². The summed E-state index contributed by atoms with van der Waals surface area (Å²) in [5.74, 6) is 1.14. The molecule has 0 aliphatic heterocycles. The van der Waals surface area contributed by atoms with E-state index in [-0.39, 0.29) is 5.91 Å². The summed E-state index contributed by atoms with van der Waals surface area (Å²) >= 11 is 9.61. The van der Waals surface area contributed by atoms with Crippen LogP contribution in [0.25, 0.3) is 6.08 Å². The summed E-state index contributed by atoms with van der Waals surface area (Å²) in [4.78, 5) is 11.3. The van der Waals surface area contributed by atoms with Crippen LogP contribution in [0, 0.1) is 0 Å². The molecule has 1 amide bonds. The Kier molecular flexibility index (Phi) is 6.82. The predicted molar refractivity (Wildman–Crippen MR) is 77.9 cm³/mol. The van der Waals surface area contributed by atoms with Crippen molar-refractivity contribution in [1.29, 1.82) is 0 Å². The van der Waals surface area contributed by atoms with E-state index in [1.54, 1.807) is 0 Å². The molecule has 92 valence electrons. The van der Waals surface area contributed by atoms with E-state index in [1.165, 1.54) is 0 Å². The first-order valence-corrected chi connectivity index (χ1v) is 6.66. The summed E-state index contributed by atoms with van der Waals surface area (Å²) in [6.45, 7) is 0. The fourth-order valence-corrected chi connectivity index (χ4v) is 1.60. The van der Waals surface area contributed by atoms with E-state index in [1.807, 2.05) is 30.3 Å². The van der Waals surface area contributed by atoms with E-state index >= 15 is 0 Å². The standard InChI is InChI=1S/C13H16ClNOS/c14-9-8-13(16)15-12-6-4-11(5-7-12)3-1-2-10-17/h1,3-7,17H,2,8-10H2,(H,15,16). The molecule has 0 saturated carbocycles. The Bertz CT molecular complexity index is 376. The minimum Gasteiger partial charge on any atom is -0.326 e. The first-order chi connectivity index (χ1) is 8.26. The van der Waals surface area contributed by atoms with Crippen LogP contribution in [0.2, 0.25) is 0 Å². The van der Waals surface area contributed by atoms with Crippen LogP contribution < -0.4 is 5.32 Å². The Morgan fingerprint density at radius 1 is 1.35 bits per heavy atom. The van der Waals surface area contributed by atoms with Gasteiger partial charge in [-0.3, -0.25) is 4.79 Å². The zero-order valence-corrected chi connectivity index (χ0v) is 11.2. The number of benzene rings is 1. The molecule has 0 aliphatic rings. The maximum Gasteiger partial charge on any atom is 0.225 e. The van der Waals surface area contributed by atoms with Gasteiger partial charge >= 0.3 is 0 Å². The second-order valence-electron chi connectivity index (χ2n) is 3.52. The van der Waals surface area contributed by atoms with Gasteiger partial charge < -0.3 is 5.32 Å². The fourth-order valence-electron chi connectivity index (χ4n) is 1.28. The highest BCUT2D eigenvalue weighted by Crippen LogP contribution is 2.11. The molecule has 1 aromatic rings. The second kappa shape index (κ2) is 8.20. The predicted octanol–water partition coefficient (Wildman–Crippen LogP) is 3.59. The first-order valence-electron chi connectivity index (χ1n) is 5.49. The van der Waals surface area contributed by atoms with Crippen molar-refractivity contribution in [3.63, 3.8) is 0 Å². The SMILES string of the molecule is O=C(CCCl)Nc1ccc(C=CCCS)cc1. The smallest absolute Gasteiger partial charge is 0.225 e. The molecule has 0 aliphatic carbocycles. The van der Waals surface area contributed by atoms with E-state index in [0.29, 0.717) is 12.3 Å². The van der Waals surface area contributed by atoms with Crippen LogP contribution in [0.3, 0.4) is 0 Å². The highest BCUT2D eigenvalue weighted by atomic mass is 35.5. The van der Waals surface area contributed by atoms with E-state index in [2.05, 4.69) is 24.0 Å². The molecule has 1 rings (SSSR count). The number of allylic oxidation sites excluding steroid dienone is 1. The van der Waals surface area contributed by atoms with Gasteiger partial charge in [-0.1, -0.05) is 24.3 Å².